The number of carboxylic acid groups (broad SMARTS) is 1. The quantitative estimate of drug-likeness (QED) is 0.126. The fraction of sp³-hybridized carbons (Fsp3) is 0.444. The highest BCUT2D eigenvalue weighted by Gasteiger charge is 2.17. The fourth-order valence-corrected chi connectivity index (χ4v) is 1.90. The summed E-state index contributed by atoms with van der Waals surface area (Å²) in [6.45, 7) is 1.87. The molecule has 0 radical (unpaired) electrons. The van der Waals surface area contributed by atoms with Gasteiger partial charge < -0.3 is 26.7 Å². The molecule has 0 aromatic carbocycles. The van der Waals surface area contributed by atoms with Gasteiger partial charge in [0.2, 0.25) is 5.91 Å². The molecule has 0 rings (SSSR count). The van der Waals surface area contributed by atoms with Crippen molar-refractivity contribution in [1.29, 1.82) is 0 Å². The van der Waals surface area contributed by atoms with Crippen molar-refractivity contribution in [2.24, 2.45) is 16.5 Å². The number of allylic oxidation sites excluding steroid dienone is 5. The minimum absolute atomic E-state index is 0.0523. The monoisotopic (exact) mass is 364 g/mol. The van der Waals surface area contributed by atoms with Crippen molar-refractivity contribution in [1.82, 2.24) is 5.32 Å². The maximum absolute atomic E-state index is 11.7. The first-order chi connectivity index (χ1) is 12.3. The van der Waals surface area contributed by atoms with Crippen LogP contribution in [0.5, 0.6) is 0 Å². The van der Waals surface area contributed by atoms with Gasteiger partial charge in [-0.25, -0.2) is 4.79 Å². The molecule has 0 aromatic rings. The van der Waals surface area contributed by atoms with Crippen molar-refractivity contribution in [2.45, 2.75) is 45.1 Å². The molecule has 0 saturated heterocycles. The molecule has 0 bridgehead atoms. The van der Waals surface area contributed by atoms with Gasteiger partial charge in [-0.15, -0.1) is 0 Å². The molecule has 6 N–H and O–H groups in total. The number of carbonyl (C=O) groups excluding carboxylic acids is 2. The smallest absolute Gasteiger partial charge is 0.326 e. The van der Waals surface area contributed by atoms with E-state index in [1.807, 2.05) is 12.2 Å². The van der Waals surface area contributed by atoms with E-state index in [0.717, 1.165) is 12.8 Å². The Hall–Kier alpha value is -2.90. The average Bonchev–Trinajstić information content (AvgIpc) is 2.55. The van der Waals surface area contributed by atoms with Crippen LogP contribution >= 0.6 is 0 Å². The van der Waals surface area contributed by atoms with Crippen molar-refractivity contribution in [3.05, 3.63) is 36.5 Å². The van der Waals surface area contributed by atoms with Gasteiger partial charge in [0.1, 0.15) is 11.8 Å². The molecule has 0 fully saturated rings. The molecule has 26 heavy (non-hydrogen) atoms. The highest BCUT2D eigenvalue weighted by molar-refractivity contribution is 5.91. The minimum atomic E-state index is -1.11. The Morgan fingerprint density at radius 3 is 2.42 bits per heavy atom. The summed E-state index contributed by atoms with van der Waals surface area (Å²) in [5.74, 6) is -1.47. The summed E-state index contributed by atoms with van der Waals surface area (Å²) in [5.41, 5.74) is 10.4. The third kappa shape index (κ3) is 14.7. The van der Waals surface area contributed by atoms with Crippen LogP contribution < -0.4 is 16.8 Å². The molecule has 0 saturated carbocycles. The second-order valence-electron chi connectivity index (χ2n) is 5.61. The van der Waals surface area contributed by atoms with Gasteiger partial charge in [-0.1, -0.05) is 30.4 Å². The van der Waals surface area contributed by atoms with Gasteiger partial charge in [0.15, 0.2) is 5.96 Å². The van der Waals surface area contributed by atoms with Gasteiger partial charge in [-0.05, 0) is 32.6 Å². The summed E-state index contributed by atoms with van der Waals surface area (Å²) in [7, 11) is 0. The van der Waals surface area contributed by atoms with Crippen molar-refractivity contribution in [2.75, 3.05) is 6.54 Å². The number of nitrogens with one attached hydrogen (secondary N) is 1. The summed E-state index contributed by atoms with van der Waals surface area (Å²) in [6, 6.07) is -0.994. The molecule has 8 nitrogen and oxygen atoms in total. The molecule has 0 unspecified atom stereocenters. The summed E-state index contributed by atoms with van der Waals surface area (Å²) >= 11 is 0. The number of Topliss-reactive ketones (excluding diaryl/α,β-unsaturated/α-hetero) is 1. The molecule has 1 atom stereocenters. The van der Waals surface area contributed by atoms with Crippen molar-refractivity contribution in [3.63, 3.8) is 0 Å². The Morgan fingerprint density at radius 2 is 1.81 bits per heavy atom. The Balaban J connectivity index is 4.17. The molecule has 0 spiro atoms. The maximum atomic E-state index is 11.7. The topological polar surface area (TPSA) is 148 Å². The number of unbranched alkanes of at least 4 members (excludes halogenated alkanes) is 1. The number of hydrogen-bond donors (Lipinski definition) is 4. The van der Waals surface area contributed by atoms with Crippen LogP contribution in [0.4, 0.5) is 0 Å². The van der Waals surface area contributed by atoms with Gasteiger partial charge in [0, 0.05) is 19.0 Å². The third-order valence-corrected chi connectivity index (χ3v) is 3.18. The predicted octanol–water partition coefficient (Wildman–Crippen LogP) is 1.04. The van der Waals surface area contributed by atoms with Crippen molar-refractivity contribution in [3.8, 4) is 0 Å². The molecular weight excluding hydrogens is 336 g/mol. The molecule has 1 amide bonds. The lowest BCUT2D eigenvalue weighted by molar-refractivity contribution is -0.141. The van der Waals surface area contributed by atoms with E-state index in [1.165, 1.54) is 12.2 Å². The molecule has 0 aliphatic heterocycles. The number of nitrogens with two attached hydrogens (primary N) is 2. The lowest BCUT2D eigenvalue weighted by Crippen LogP contribution is -2.40. The molecular formula is C18H28N4O4. The number of nitrogens with zero attached hydrogens (tertiary/aromatic N) is 1. The molecule has 0 aliphatic carbocycles. The maximum Gasteiger partial charge on any atom is 0.326 e. The highest BCUT2D eigenvalue weighted by Crippen LogP contribution is 1.99. The number of hydrogen-bond acceptors (Lipinski definition) is 4. The number of guanidine groups is 1. The lowest BCUT2D eigenvalue weighted by Gasteiger charge is -2.12. The Kier molecular flexibility index (Phi) is 12.8. The summed E-state index contributed by atoms with van der Waals surface area (Å²) in [5, 5.41) is 11.5. The normalized spacial score (nSPS) is 12.5. The van der Waals surface area contributed by atoms with Crippen LogP contribution in [-0.2, 0) is 14.4 Å². The van der Waals surface area contributed by atoms with Gasteiger partial charge in [-0.2, -0.15) is 0 Å². The molecule has 0 aliphatic rings. The summed E-state index contributed by atoms with van der Waals surface area (Å²) < 4.78 is 0. The van der Waals surface area contributed by atoms with Gasteiger partial charge >= 0.3 is 5.97 Å². The van der Waals surface area contributed by atoms with E-state index in [4.69, 9.17) is 16.6 Å². The number of amides is 1. The fourth-order valence-electron chi connectivity index (χ4n) is 1.90. The largest absolute Gasteiger partial charge is 0.480 e. The molecule has 0 heterocycles. The van der Waals surface area contributed by atoms with E-state index in [-0.39, 0.29) is 18.2 Å². The third-order valence-electron chi connectivity index (χ3n) is 3.18. The van der Waals surface area contributed by atoms with Gasteiger partial charge in [0.25, 0.3) is 0 Å². The zero-order valence-electron chi connectivity index (χ0n) is 15.1. The van der Waals surface area contributed by atoms with Crippen LogP contribution in [0.2, 0.25) is 0 Å². The summed E-state index contributed by atoms with van der Waals surface area (Å²) in [6.07, 6.45) is 12.8. The average molecular weight is 364 g/mol. The van der Waals surface area contributed by atoms with Gasteiger partial charge in [0.05, 0.1) is 0 Å². The number of carbonyl (C=O) groups is 3. The van der Waals surface area contributed by atoms with E-state index >= 15 is 0 Å². The number of ketones is 1. The lowest BCUT2D eigenvalue weighted by atomic mass is 10.1. The van der Waals surface area contributed by atoms with Gasteiger partial charge in [-0.3, -0.25) is 9.79 Å². The Labute approximate surface area is 153 Å². The van der Waals surface area contributed by atoms with Crippen LogP contribution in [0, 0.1) is 0 Å². The molecule has 144 valence electrons. The first kappa shape index (κ1) is 23.1. The second-order valence-corrected chi connectivity index (χ2v) is 5.61. The standard InChI is InChI=1S/C18H28N4O4/c1-14(23)10-7-5-3-2-4-6-8-12-16(24)22-15(17(25)26)11-9-13-21-18(19)20/h2-4,6,8,12,15H,5,7,9-11,13H2,1H3,(H,22,24)(H,25,26)(H4,19,20,21)/b3-2+,6-4+,12-8+/t15-/m0/s1. The highest BCUT2D eigenvalue weighted by atomic mass is 16.4. The first-order valence-electron chi connectivity index (χ1n) is 8.41. The number of aliphatic imine (C=N–C) groups is 1. The first-order valence-corrected chi connectivity index (χ1v) is 8.41. The van der Waals surface area contributed by atoms with E-state index < -0.39 is 17.9 Å². The second kappa shape index (κ2) is 14.4. The zero-order chi connectivity index (χ0) is 19.8. The van der Waals surface area contributed by atoms with Crippen LogP contribution in [0.15, 0.2) is 41.4 Å². The Morgan fingerprint density at radius 1 is 1.12 bits per heavy atom. The number of carboxylic acids is 1. The van der Waals surface area contributed by atoms with Crippen LogP contribution in [0.3, 0.4) is 0 Å². The van der Waals surface area contributed by atoms with Crippen LogP contribution in [-0.4, -0.2) is 41.3 Å². The van der Waals surface area contributed by atoms with Crippen LogP contribution in [0.1, 0.15) is 39.0 Å². The minimum Gasteiger partial charge on any atom is -0.480 e. The Bertz CT molecular complexity index is 576. The van der Waals surface area contributed by atoms with E-state index in [0.29, 0.717) is 19.4 Å². The summed E-state index contributed by atoms with van der Waals surface area (Å²) in [4.78, 5) is 37.4. The van der Waals surface area contributed by atoms with Crippen molar-refractivity contribution >= 4 is 23.6 Å². The van der Waals surface area contributed by atoms with E-state index in [1.54, 1.807) is 19.1 Å². The number of aliphatic carboxylic acids is 1. The van der Waals surface area contributed by atoms with Crippen molar-refractivity contribution < 1.29 is 19.5 Å². The molecule has 8 heteroatoms. The van der Waals surface area contributed by atoms with Crippen LogP contribution in [0.25, 0.3) is 0 Å². The van der Waals surface area contributed by atoms with E-state index in [2.05, 4.69) is 10.3 Å². The van der Waals surface area contributed by atoms with E-state index in [9.17, 15) is 14.4 Å². The molecule has 0 aromatic heterocycles. The predicted molar refractivity (Wildman–Crippen MR) is 101 cm³/mol. The number of rotatable bonds is 13. The zero-order valence-corrected chi connectivity index (χ0v) is 15.1. The SMILES string of the molecule is CC(=O)CCC/C=C/C=C/C=C/C(=O)N[C@@H](CCCN=C(N)N)C(=O)O.